The van der Waals surface area contributed by atoms with E-state index in [1.807, 2.05) is 0 Å². The number of carbonyl (C=O) groups is 1. The Kier molecular flexibility index (Phi) is 26.9. The first-order valence-electron chi connectivity index (χ1n) is 16.2. The van der Waals surface area contributed by atoms with Crippen LogP contribution in [0.4, 0.5) is 0 Å². The summed E-state index contributed by atoms with van der Waals surface area (Å²) in [6.07, 6.45) is 20.2. The predicted octanol–water partition coefficient (Wildman–Crippen LogP) is 6.52. The lowest BCUT2D eigenvalue weighted by atomic mass is 10.0. The molecule has 4 unspecified atom stereocenters. The first kappa shape index (κ1) is 39.5. The van der Waals surface area contributed by atoms with Crippen molar-refractivity contribution in [2.45, 2.75) is 167 Å². The molecule has 6 N–H and O–H groups in total. The highest BCUT2D eigenvalue weighted by atomic mass is 31.2. The second-order valence-electron chi connectivity index (χ2n) is 11.2. The number of unbranched alkanes of at least 4 members (excludes halogenated alkanes) is 16. The van der Waals surface area contributed by atoms with Crippen LogP contribution in [0.5, 0.6) is 0 Å². The molecule has 0 aliphatic carbocycles. The zero-order chi connectivity index (χ0) is 29.9. The molecular weight excluding hydrogens is 531 g/mol. The third-order valence-corrected chi connectivity index (χ3v) is 8.25. The van der Waals surface area contributed by atoms with Crippen molar-refractivity contribution in [3.63, 3.8) is 0 Å². The van der Waals surface area contributed by atoms with E-state index in [1.165, 1.54) is 77.0 Å². The standard InChI is InChI=1S/C30H63N2O7P/c1-3-5-7-9-11-13-15-17-19-21-27(33)25-30(35)32-28(26-39-40(36,37)38-24-23-31)29(34)22-20-18-16-14-12-10-8-6-4-2/h27-29,33-34H,3-26,31H2,1-2H3,(H,32,35)(H,36,37). The molecule has 0 radical (unpaired) electrons. The summed E-state index contributed by atoms with van der Waals surface area (Å²) in [5.74, 6) is -0.418. The number of aliphatic hydroxyl groups is 2. The Morgan fingerprint density at radius 3 is 1.68 bits per heavy atom. The Labute approximate surface area is 245 Å². The van der Waals surface area contributed by atoms with Gasteiger partial charge in [-0.1, -0.05) is 129 Å². The zero-order valence-electron chi connectivity index (χ0n) is 25.7. The molecule has 0 heterocycles. The fourth-order valence-corrected chi connectivity index (χ4v) is 5.53. The highest BCUT2D eigenvalue weighted by molar-refractivity contribution is 7.47. The Balaban J connectivity index is 4.48. The van der Waals surface area contributed by atoms with Gasteiger partial charge in [-0.15, -0.1) is 0 Å². The molecule has 0 spiro atoms. The van der Waals surface area contributed by atoms with Gasteiger partial charge in [-0.2, -0.15) is 0 Å². The lowest BCUT2D eigenvalue weighted by Gasteiger charge is -2.25. The van der Waals surface area contributed by atoms with Crippen LogP contribution in [0.15, 0.2) is 0 Å². The Bertz CT molecular complexity index is 627. The van der Waals surface area contributed by atoms with Gasteiger partial charge in [0, 0.05) is 6.54 Å². The number of phosphoric ester groups is 1. The van der Waals surface area contributed by atoms with Crippen LogP contribution >= 0.6 is 7.82 Å². The van der Waals surface area contributed by atoms with E-state index < -0.39 is 32.0 Å². The van der Waals surface area contributed by atoms with Gasteiger partial charge in [-0.25, -0.2) is 4.57 Å². The molecule has 40 heavy (non-hydrogen) atoms. The van der Waals surface area contributed by atoms with Crippen molar-refractivity contribution in [2.75, 3.05) is 19.8 Å². The van der Waals surface area contributed by atoms with E-state index in [0.717, 1.165) is 38.5 Å². The van der Waals surface area contributed by atoms with Gasteiger partial charge < -0.3 is 26.2 Å². The lowest BCUT2D eigenvalue weighted by Crippen LogP contribution is -2.47. The SMILES string of the molecule is CCCCCCCCCCCC(O)CC(=O)NC(COP(=O)(O)OCCN)C(O)CCCCCCCCCCC. The fourth-order valence-electron chi connectivity index (χ4n) is 4.77. The summed E-state index contributed by atoms with van der Waals surface area (Å²) >= 11 is 0. The number of rotatable bonds is 30. The highest BCUT2D eigenvalue weighted by Crippen LogP contribution is 2.43. The van der Waals surface area contributed by atoms with E-state index in [2.05, 4.69) is 19.2 Å². The summed E-state index contributed by atoms with van der Waals surface area (Å²) in [6.45, 7) is 3.97. The predicted molar refractivity (Wildman–Crippen MR) is 163 cm³/mol. The van der Waals surface area contributed by atoms with Gasteiger partial charge in [0.2, 0.25) is 5.91 Å². The molecule has 4 atom stereocenters. The number of carbonyl (C=O) groups excluding carboxylic acids is 1. The van der Waals surface area contributed by atoms with Gasteiger partial charge in [-0.3, -0.25) is 13.8 Å². The fraction of sp³-hybridized carbons (Fsp3) is 0.967. The van der Waals surface area contributed by atoms with Crippen LogP contribution in [-0.2, 0) is 18.4 Å². The van der Waals surface area contributed by atoms with Crippen molar-refractivity contribution >= 4 is 13.7 Å². The summed E-state index contributed by atoms with van der Waals surface area (Å²) in [5, 5.41) is 23.8. The number of phosphoric acid groups is 1. The Morgan fingerprint density at radius 1 is 0.750 bits per heavy atom. The average molecular weight is 595 g/mol. The van der Waals surface area contributed by atoms with Crippen molar-refractivity contribution < 1.29 is 33.5 Å². The molecule has 0 saturated heterocycles. The molecule has 1 amide bonds. The second-order valence-corrected chi connectivity index (χ2v) is 12.7. The monoisotopic (exact) mass is 594 g/mol. The number of aliphatic hydroxyl groups excluding tert-OH is 2. The van der Waals surface area contributed by atoms with Crippen LogP contribution in [0.25, 0.3) is 0 Å². The maximum absolute atomic E-state index is 12.6. The average Bonchev–Trinajstić information content (AvgIpc) is 2.92. The number of nitrogens with one attached hydrogen (secondary N) is 1. The first-order valence-corrected chi connectivity index (χ1v) is 17.7. The van der Waals surface area contributed by atoms with Gasteiger partial charge >= 0.3 is 7.82 Å². The van der Waals surface area contributed by atoms with Crippen molar-refractivity contribution in [3.05, 3.63) is 0 Å². The molecule has 0 bridgehead atoms. The molecular formula is C30H63N2O7P. The maximum atomic E-state index is 12.6. The van der Waals surface area contributed by atoms with Gasteiger partial charge in [-0.05, 0) is 12.8 Å². The smallest absolute Gasteiger partial charge is 0.393 e. The van der Waals surface area contributed by atoms with E-state index in [9.17, 15) is 24.5 Å². The van der Waals surface area contributed by atoms with E-state index >= 15 is 0 Å². The van der Waals surface area contributed by atoms with E-state index in [0.29, 0.717) is 12.8 Å². The lowest BCUT2D eigenvalue weighted by molar-refractivity contribution is -0.125. The van der Waals surface area contributed by atoms with Crippen molar-refractivity contribution in [1.29, 1.82) is 0 Å². The largest absolute Gasteiger partial charge is 0.472 e. The first-order chi connectivity index (χ1) is 19.3. The minimum absolute atomic E-state index is 0.0617. The van der Waals surface area contributed by atoms with Crippen LogP contribution < -0.4 is 11.1 Å². The molecule has 0 saturated carbocycles. The summed E-state index contributed by atoms with van der Waals surface area (Å²) in [7, 11) is -4.35. The van der Waals surface area contributed by atoms with Crippen LogP contribution in [0.2, 0.25) is 0 Å². The molecule has 0 fully saturated rings. The van der Waals surface area contributed by atoms with Gasteiger partial charge in [0.1, 0.15) is 0 Å². The second kappa shape index (κ2) is 27.3. The molecule has 10 heteroatoms. The number of hydrogen-bond acceptors (Lipinski definition) is 7. The maximum Gasteiger partial charge on any atom is 0.472 e. The van der Waals surface area contributed by atoms with E-state index in [4.69, 9.17) is 14.8 Å². The summed E-state index contributed by atoms with van der Waals surface area (Å²) in [5.41, 5.74) is 5.32. The zero-order valence-corrected chi connectivity index (χ0v) is 26.6. The van der Waals surface area contributed by atoms with Gasteiger partial charge in [0.15, 0.2) is 0 Å². The van der Waals surface area contributed by atoms with Gasteiger partial charge in [0.25, 0.3) is 0 Å². The van der Waals surface area contributed by atoms with Crippen LogP contribution in [0.1, 0.15) is 149 Å². The van der Waals surface area contributed by atoms with E-state index in [1.54, 1.807) is 0 Å². The topological polar surface area (TPSA) is 151 Å². The molecule has 0 rings (SSSR count). The molecule has 0 aliphatic heterocycles. The van der Waals surface area contributed by atoms with Crippen LogP contribution in [0.3, 0.4) is 0 Å². The van der Waals surface area contributed by atoms with Gasteiger partial charge in [0.05, 0.1) is 37.9 Å². The normalized spacial score (nSPS) is 15.4. The summed E-state index contributed by atoms with van der Waals surface area (Å²) in [6, 6.07) is -0.886. The van der Waals surface area contributed by atoms with E-state index in [-0.39, 0.29) is 26.2 Å². The van der Waals surface area contributed by atoms with Crippen molar-refractivity contribution in [3.8, 4) is 0 Å². The molecule has 9 nitrogen and oxygen atoms in total. The molecule has 240 valence electrons. The number of nitrogens with two attached hydrogens (primary N) is 1. The summed E-state index contributed by atoms with van der Waals surface area (Å²) < 4.78 is 21.9. The quantitative estimate of drug-likeness (QED) is 0.0466. The number of hydrogen-bond donors (Lipinski definition) is 5. The molecule has 0 aromatic rings. The van der Waals surface area contributed by atoms with Crippen LogP contribution in [-0.4, -0.2) is 59.0 Å². The summed E-state index contributed by atoms with van der Waals surface area (Å²) in [4.78, 5) is 22.5. The third-order valence-electron chi connectivity index (χ3n) is 7.27. The number of amides is 1. The molecule has 0 aromatic heterocycles. The minimum Gasteiger partial charge on any atom is -0.393 e. The highest BCUT2D eigenvalue weighted by Gasteiger charge is 2.28. The molecule has 0 aromatic carbocycles. The Morgan fingerprint density at radius 2 is 1.20 bits per heavy atom. The molecule has 0 aliphatic rings. The van der Waals surface area contributed by atoms with Crippen molar-refractivity contribution in [2.24, 2.45) is 5.73 Å². The van der Waals surface area contributed by atoms with Crippen LogP contribution in [0, 0.1) is 0 Å². The Hall–Kier alpha value is -0.540. The third kappa shape index (κ3) is 25.2. The minimum atomic E-state index is -4.35. The van der Waals surface area contributed by atoms with Crippen molar-refractivity contribution in [1.82, 2.24) is 5.32 Å².